The van der Waals surface area contributed by atoms with Gasteiger partial charge in [-0.1, -0.05) is 0 Å². The van der Waals surface area contributed by atoms with Gasteiger partial charge in [-0.25, -0.2) is 9.63 Å². The van der Waals surface area contributed by atoms with Crippen molar-refractivity contribution >= 4 is 6.09 Å². The summed E-state index contributed by atoms with van der Waals surface area (Å²) in [7, 11) is 0. The van der Waals surface area contributed by atoms with Gasteiger partial charge in [-0.2, -0.15) is 0 Å². The van der Waals surface area contributed by atoms with Crippen LogP contribution >= 0.6 is 0 Å². The molecule has 0 unspecified atom stereocenters. The van der Waals surface area contributed by atoms with Crippen molar-refractivity contribution < 1.29 is 14.7 Å². The number of carbonyl (C=O) groups excluding carboxylic acids is 1. The number of carbonyl (C=O) groups is 1. The molecule has 0 spiro atoms. The normalized spacial score (nSPS) is 7.50. The first-order valence-electron chi connectivity index (χ1n) is 1.36. The topological polar surface area (TPSA) is 98.9 Å². The Hall–Kier alpha value is -1.53. The Morgan fingerprint density at radius 3 is 2.38 bits per heavy atom. The third-order valence-electron chi connectivity index (χ3n) is 0.227. The van der Waals surface area contributed by atoms with Gasteiger partial charge in [0.1, 0.15) is 0 Å². The first-order valence-corrected chi connectivity index (χ1v) is 1.36. The summed E-state index contributed by atoms with van der Waals surface area (Å²) in [6, 6.07) is 0. The summed E-state index contributed by atoms with van der Waals surface area (Å²) < 4.78 is 0. The fourth-order valence-corrected chi connectivity index (χ4v) is 0.0804. The van der Waals surface area contributed by atoms with E-state index in [0.717, 1.165) is 0 Å². The van der Waals surface area contributed by atoms with Crippen LogP contribution in [0.5, 0.6) is 0 Å². The Morgan fingerprint density at radius 1 is 1.75 bits per heavy atom. The highest BCUT2D eigenvalue weighted by atomic mass is 17.0. The van der Waals surface area contributed by atoms with Crippen LogP contribution in [0.25, 0.3) is 0 Å². The van der Waals surface area contributed by atoms with Crippen molar-refractivity contribution in [3.63, 3.8) is 0 Å². The molecule has 0 atom stereocenters. The lowest BCUT2D eigenvalue weighted by Gasteiger charge is -1.80. The second kappa shape index (κ2) is 2.61. The number of hydrogen-bond donors (Lipinski definition) is 0. The van der Waals surface area contributed by atoms with E-state index in [0.29, 0.717) is 0 Å². The summed E-state index contributed by atoms with van der Waals surface area (Å²) in [5, 5.41) is 9.30. The maximum atomic E-state index is 9.48. The lowest BCUT2D eigenvalue weighted by molar-refractivity contribution is -0.727. The maximum Gasteiger partial charge on any atom is 0.457 e. The Morgan fingerprint density at radius 2 is 2.25 bits per heavy atom. The van der Waals surface area contributed by atoms with Crippen LogP contribution in [0.15, 0.2) is 5.18 Å². The predicted octanol–water partition coefficient (Wildman–Crippen LogP) is 0.0811. The number of amides is 1. The van der Waals surface area contributed by atoms with Gasteiger partial charge in [0, 0.05) is 5.18 Å². The van der Waals surface area contributed by atoms with E-state index in [2.05, 4.69) is 4.84 Å². The molecule has 0 aromatic carbocycles. The molecule has 7 heteroatoms. The highest BCUT2D eigenvalue weighted by Crippen LogP contribution is 1.79. The van der Waals surface area contributed by atoms with Gasteiger partial charge in [0.2, 0.25) is 0 Å². The third kappa shape index (κ3) is 2.69. The monoisotopic (exact) mass is 120 g/mol. The minimum Gasteiger partial charge on any atom is -0.236 e. The lowest BCUT2D eigenvalue weighted by Crippen LogP contribution is -2.04. The van der Waals surface area contributed by atoms with Crippen LogP contribution in [0, 0.1) is 15.0 Å². The van der Waals surface area contributed by atoms with Crippen LogP contribution in [0.1, 0.15) is 0 Å². The quantitative estimate of drug-likeness (QED) is 0.277. The molecule has 0 aromatic heterocycles. The molecule has 8 heavy (non-hydrogen) atoms. The van der Waals surface area contributed by atoms with E-state index in [9.17, 15) is 4.79 Å². The molecule has 0 aliphatic carbocycles. The summed E-state index contributed by atoms with van der Waals surface area (Å²) in [6.07, 6.45) is -1.75. The van der Waals surface area contributed by atoms with Crippen LogP contribution < -0.4 is 0 Å². The molecular weight excluding hydrogens is 120 g/mol. The predicted molar refractivity (Wildman–Crippen MR) is 19.3 cm³/mol. The van der Waals surface area contributed by atoms with Crippen molar-refractivity contribution in [2.45, 2.75) is 0 Å². The van der Waals surface area contributed by atoms with Gasteiger partial charge in [0.15, 0.2) is 0 Å². The Labute approximate surface area is 42.3 Å². The number of nitroso groups, excluding NO2 is 1. The van der Waals surface area contributed by atoms with E-state index in [-0.39, 0.29) is 0 Å². The molecule has 0 saturated heterocycles. The summed E-state index contributed by atoms with van der Waals surface area (Å²) in [5.74, 6) is 0. The highest BCUT2D eigenvalue weighted by molar-refractivity contribution is 5.66. The second-order valence-corrected chi connectivity index (χ2v) is 0.672. The molecular formula is CN2O5. The molecule has 0 radical (unpaired) electrons. The Kier molecular flexibility index (Phi) is 2.11. The fraction of sp³-hybridized carbons (Fsp3) is 0. The molecule has 0 saturated carbocycles. The van der Waals surface area contributed by atoms with Crippen molar-refractivity contribution in [2.75, 3.05) is 0 Å². The van der Waals surface area contributed by atoms with Gasteiger partial charge >= 0.3 is 11.2 Å². The first-order chi connectivity index (χ1) is 3.66. The summed E-state index contributed by atoms with van der Waals surface area (Å²) in [4.78, 5) is 30.6. The van der Waals surface area contributed by atoms with Gasteiger partial charge in [0.25, 0.3) is 0 Å². The van der Waals surface area contributed by atoms with Gasteiger partial charge in [-0.15, -0.1) is 15.0 Å². The first kappa shape index (κ1) is 6.47. The molecule has 0 fully saturated rings. The Bertz CT molecular complexity index is 128. The van der Waals surface area contributed by atoms with Crippen molar-refractivity contribution in [1.29, 1.82) is 0 Å². The van der Waals surface area contributed by atoms with E-state index in [1.165, 1.54) is 0 Å². The molecule has 0 aromatic rings. The molecule has 0 aliphatic heterocycles. The maximum absolute atomic E-state index is 9.48. The van der Waals surface area contributed by atoms with E-state index < -0.39 is 11.2 Å². The average Bonchev–Trinajstić information content (AvgIpc) is 1.65. The zero-order chi connectivity index (χ0) is 6.57. The van der Waals surface area contributed by atoms with Gasteiger partial charge in [0.05, 0.1) is 0 Å². The van der Waals surface area contributed by atoms with Crippen molar-refractivity contribution in [3.8, 4) is 0 Å². The van der Waals surface area contributed by atoms with Crippen molar-refractivity contribution in [2.24, 2.45) is 5.18 Å². The zero-order valence-electron chi connectivity index (χ0n) is 3.44. The lowest BCUT2D eigenvalue weighted by atomic mass is 11.3. The van der Waals surface area contributed by atoms with Gasteiger partial charge in [-0.3, -0.25) is 0 Å². The van der Waals surface area contributed by atoms with Crippen molar-refractivity contribution in [1.82, 2.24) is 0 Å². The molecule has 44 valence electrons. The number of hydrogen-bond acceptors (Lipinski definition) is 5. The van der Waals surface area contributed by atoms with Crippen molar-refractivity contribution in [3.05, 3.63) is 15.0 Å². The summed E-state index contributed by atoms with van der Waals surface area (Å²) in [5.41, 5.74) is 0. The minimum atomic E-state index is -1.75. The van der Waals surface area contributed by atoms with Crippen LogP contribution in [-0.4, -0.2) is 11.2 Å². The molecule has 0 rings (SSSR count). The SMILES string of the molecule is O=NC(=O)O[N+](=O)[O-]. The van der Waals surface area contributed by atoms with Gasteiger partial charge < -0.3 is 0 Å². The number of rotatable bonds is 1. The van der Waals surface area contributed by atoms with Crippen LogP contribution in [0.2, 0.25) is 0 Å². The van der Waals surface area contributed by atoms with Crippen LogP contribution in [-0.2, 0) is 4.84 Å². The van der Waals surface area contributed by atoms with E-state index in [4.69, 9.17) is 15.0 Å². The third-order valence-corrected chi connectivity index (χ3v) is 0.227. The minimum absolute atomic E-state index is 1.41. The van der Waals surface area contributed by atoms with Gasteiger partial charge in [-0.05, 0) is 0 Å². The summed E-state index contributed by atoms with van der Waals surface area (Å²) >= 11 is 0. The van der Waals surface area contributed by atoms with Crippen LogP contribution in [0.3, 0.4) is 0 Å². The second-order valence-electron chi connectivity index (χ2n) is 0.672. The van der Waals surface area contributed by atoms with E-state index >= 15 is 0 Å². The fourth-order valence-electron chi connectivity index (χ4n) is 0.0804. The highest BCUT2D eigenvalue weighted by Gasteiger charge is 2.04. The number of nitrogens with zero attached hydrogens (tertiary/aromatic N) is 2. The smallest absolute Gasteiger partial charge is 0.236 e. The average molecular weight is 120 g/mol. The molecule has 0 N–H and O–H groups in total. The largest absolute Gasteiger partial charge is 0.457 e. The zero-order valence-corrected chi connectivity index (χ0v) is 3.44. The molecule has 1 amide bonds. The van der Waals surface area contributed by atoms with E-state index in [1.807, 2.05) is 0 Å². The van der Waals surface area contributed by atoms with E-state index in [1.54, 1.807) is 5.18 Å². The van der Waals surface area contributed by atoms with Crippen LogP contribution in [0.4, 0.5) is 4.79 Å². The Balaban J connectivity index is 3.55. The molecule has 0 aliphatic rings. The molecule has 0 heterocycles. The molecule has 7 nitrogen and oxygen atoms in total. The summed E-state index contributed by atoms with van der Waals surface area (Å²) in [6.45, 7) is 0. The molecule has 0 bridgehead atoms. The standard InChI is InChI=1S/CN2O5/c4-1(2-5)8-3(6)7.